The summed E-state index contributed by atoms with van der Waals surface area (Å²) in [6.45, 7) is 2.88. The number of hydrogen-bond acceptors (Lipinski definition) is 6. The fourth-order valence-electron chi connectivity index (χ4n) is 2.81. The van der Waals surface area contributed by atoms with Gasteiger partial charge in [-0.05, 0) is 31.9 Å². The number of nitrogens with one attached hydrogen (secondary N) is 1. The van der Waals surface area contributed by atoms with E-state index in [1.54, 1.807) is 35.8 Å². The Labute approximate surface area is 148 Å². The summed E-state index contributed by atoms with van der Waals surface area (Å²) in [7, 11) is -1.88. The molecule has 1 saturated heterocycles. The van der Waals surface area contributed by atoms with Gasteiger partial charge >= 0.3 is 0 Å². The molecule has 1 fully saturated rings. The molecule has 3 rings (SSSR count). The Kier molecular flexibility index (Phi) is 5.19. The molecule has 8 heteroatoms. The van der Waals surface area contributed by atoms with E-state index in [9.17, 15) is 8.42 Å². The molecule has 0 amide bonds. The van der Waals surface area contributed by atoms with E-state index in [-0.39, 0.29) is 6.04 Å². The number of ether oxygens (including phenoxy) is 1. The highest BCUT2D eigenvalue weighted by atomic mass is 32.2. The molecular formula is C17H22N4O3S. The van der Waals surface area contributed by atoms with Crippen molar-refractivity contribution in [3.63, 3.8) is 0 Å². The van der Waals surface area contributed by atoms with E-state index in [4.69, 9.17) is 4.74 Å². The van der Waals surface area contributed by atoms with Crippen LogP contribution in [0.4, 0.5) is 5.95 Å². The van der Waals surface area contributed by atoms with Crippen LogP contribution in [0, 0.1) is 6.92 Å². The molecule has 1 aromatic heterocycles. The molecule has 7 nitrogen and oxygen atoms in total. The first-order valence-corrected chi connectivity index (χ1v) is 9.63. The zero-order valence-electron chi connectivity index (χ0n) is 14.3. The van der Waals surface area contributed by atoms with E-state index in [1.165, 1.54) is 0 Å². The maximum atomic E-state index is 12.7. The number of methoxy groups -OCH3 is 1. The second-order valence-corrected chi connectivity index (χ2v) is 8.00. The molecule has 2 heterocycles. The summed E-state index contributed by atoms with van der Waals surface area (Å²) in [5, 5.41) is 3.25. The predicted octanol–water partition coefficient (Wildman–Crippen LogP) is 2.06. The fraction of sp³-hybridized carbons (Fsp3) is 0.412. The average Bonchev–Trinajstić information content (AvgIpc) is 2.63. The highest BCUT2D eigenvalue weighted by Crippen LogP contribution is 2.22. The summed E-state index contributed by atoms with van der Waals surface area (Å²) in [5.74, 6) is 0.996. The van der Waals surface area contributed by atoms with Crippen molar-refractivity contribution in [2.75, 3.05) is 25.5 Å². The summed E-state index contributed by atoms with van der Waals surface area (Å²) in [4.78, 5) is 8.75. The number of hydrogen-bond donors (Lipinski definition) is 1. The minimum Gasteiger partial charge on any atom is -0.481 e. The van der Waals surface area contributed by atoms with Crippen LogP contribution in [-0.4, -0.2) is 48.9 Å². The van der Waals surface area contributed by atoms with Gasteiger partial charge in [0.2, 0.25) is 21.9 Å². The molecule has 0 unspecified atom stereocenters. The molecule has 1 aromatic carbocycles. The van der Waals surface area contributed by atoms with Crippen LogP contribution in [-0.2, 0) is 10.0 Å². The second-order valence-electron chi connectivity index (χ2n) is 6.06. The molecule has 2 aromatic rings. The standard InChI is InChI=1S/C17H22N4O3S/c1-13-3-5-15(6-4-13)25(22,23)21-11-8-14(9-12-21)19-17-18-10-7-16(20-17)24-2/h3-7,10,14H,8-9,11-12H2,1-2H3,(H,18,19,20). The van der Waals surface area contributed by atoms with Gasteiger partial charge in [-0.3, -0.25) is 0 Å². The van der Waals surface area contributed by atoms with Crippen LogP contribution in [0.3, 0.4) is 0 Å². The SMILES string of the molecule is COc1ccnc(NC2CCN(S(=O)(=O)c3ccc(C)cc3)CC2)n1. The third-order valence-electron chi connectivity index (χ3n) is 4.29. The summed E-state index contributed by atoms with van der Waals surface area (Å²) in [5.41, 5.74) is 1.04. The van der Waals surface area contributed by atoms with Gasteiger partial charge in [0, 0.05) is 31.4 Å². The van der Waals surface area contributed by atoms with Gasteiger partial charge in [0.15, 0.2) is 0 Å². The molecular weight excluding hydrogens is 340 g/mol. The van der Waals surface area contributed by atoms with E-state index in [1.807, 2.05) is 19.1 Å². The third kappa shape index (κ3) is 4.08. The maximum absolute atomic E-state index is 12.7. The van der Waals surface area contributed by atoms with Crippen LogP contribution < -0.4 is 10.1 Å². The smallest absolute Gasteiger partial charge is 0.243 e. The van der Waals surface area contributed by atoms with Crippen molar-refractivity contribution in [1.82, 2.24) is 14.3 Å². The fourth-order valence-corrected chi connectivity index (χ4v) is 4.28. The number of benzene rings is 1. The van der Waals surface area contributed by atoms with Crippen LogP contribution in [0.2, 0.25) is 0 Å². The topological polar surface area (TPSA) is 84.4 Å². The zero-order valence-corrected chi connectivity index (χ0v) is 15.2. The molecule has 0 saturated carbocycles. The summed E-state index contributed by atoms with van der Waals surface area (Å²) >= 11 is 0. The largest absolute Gasteiger partial charge is 0.481 e. The number of piperidine rings is 1. The third-order valence-corrected chi connectivity index (χ3v) is 6.20. The Hall–Kier alpha value is -2.19. The van der Waals surface area contributed by atoms with Crippen molar-refractivity contribution in [2.24, 2.45) is 0 Å². The van der Waals surface area contributed by atoms with E-state index in [2.05, 4.69) is 15.3 Å². The van der Waals surface area contributed by atoms with Gasteiger partial charge in [0.05, 0.1) is 12.0 Å². The summed E-state index contributed by atoms with van der Waals surface area (Å²) in [6, 6.07) is 8.79. The number of aromatic nitrogens is 2. The van der Waals surface area contributed by atoms with E-state index < -0.39 is 10.0 Å². The van der Waals surface area contributed by atoms with Gasteiger partial charge in [0.25, 0.3) is 0 Å². The Balaban J connectivity index is 1.62. The van der Waals surface area contributed by atoms with Crippen molar-refractivity contribution in [1.29, 1.82) is 0 Å². The number of anilines is 1. The highest BCUT2D eigenvalue weighted by molar-refractivity contribution is 7.89. The highest BCUT2D eigenvalue weighted by Gasteiger charge is 2.29. The van der Waals surface area contributed by atoms with Gasteiger partial charge in [-0.15, -0.1) is 0 Å². The summed E-state index contributed by atoms with van der Waals surface area (Å²) < 4.78 is 32.1. The van der Waals surface area contributed by atoms with Crippen molar-refractivity contribution < 1.29 is 13.2 Å². The predicted molar refractivity (Wildman–Crippen MR) is 95.2 cm³/mol. The summed E-state index contributed by atoms with van der Waals surface area (Å²) in [6.07, 6.45) is 3.03. The first-order valence-electron chi connectivity index (χ1n) is 8.19. The van der Waals surface area contributed by atoms with E-state index in [0.29, 0.717) is 42.7 Å². The van der Waals surface area contributed by atoms with Crippen molar-refractivity contribution in [3.8, 4) is 5.88 Å². The molecule has 0 bridgehead atoms. The van der Waals surface area contributed by atoms with Gasteiger partial charge < -0.3 is 10.1 Å². The van der Waals surface area contributed by atoms with E-state index >= 15 is 0 Å². The maximum Gasteiger partial charge on any atom is 0.243 e. The quantitative estimate of drug-likeness (QED) is 0.876. The van der Waals surface area contributed by atoms with Gasteiger partial charge in [-0.2, -0.15) is 9.29 Å². The van der Waals surface area contributed by atoms with E-state index in [0.717, 1.165) is 5.56 Å². The molecule has 1 aliphatic heterocycles. The van der Waals surface area contributed by atoms with Crippen LogP contribution in [0.15, 0.2) is 41.4 Å². The Morgan fingerprint density at radius 1 is 1.16 bits per heavy atom. The van der Waals surface area contributed by atoms with Crippen LogP contribution in [0.25, 0.3) is 0 Å². The lowest BCUT2D eigenvalue weighted by Gasteiger charge is -2.31. The van der Waals surface area contributed by atoms with Crippen molar-refractivity contribution >= 4 is 16.0 Å². The molecule has 0 atom stereocenters. The van der Waals surface area contributed by atoms with Gasteiger partial charge in [0.1, 0.15) is 0 Å². The molecule has 0 spiro atoms. The molecule has 1 aliphatic rings. The zero-order chi connectivity index (χ0) is 17.9. The number of sulfonamides is 1. The molecule has 134 valence electrons. The molecule has 0 aliphatic carbocycles. The number of aryl methyl sites for hydroxylation is 1. The molecule has 1 N–H and O–H groups in total. The lowest BCUT2D eigenvalue weighted by atomic mass is 10.1. The number of rotatable bonds is 5. The van der Waals surface area contributed by atoms with Crippen LogP contribution >= 0.6 is 0 Å². The minimum absolute atomic E-state index is 0.136. The van der Waals surface area contributed by atoms with Crippen LogP contribution in [0.5, 0.6) is 5.88 Å². The van der Waals surface area contributed by atoms with Crippen LogP contribution in [0.1, 0.15) is 18.4 Å². The van der Waals surface area contributed by atoms with Crippen molar-refractivity contribution in [2.45, 2.75) is 30.7 Å². The first-order chi connectivity index (χ1) is 12.0. The van der Waals surface area contributed by atoms with Crippen molar-refractivity contribution in [3.05, 3.63) is 42.1 Å². The minimum atomic E-state index is -3.43. The average molecular weight is 362 g/mol. The lowest BCUT2D eigenvalue weighted by Crippen LogP contribution is -2.42. The first kappa shape index (κ1) is 17.6. The Bertz CT molecular complexity index is 816. The Morgan fingerprint density at radius 3 is 2.48 bits per heavy atom. The lowest BCUT2D eigenvalue weighted by molar-refractivity contribution is 0.329. The normalized spacial score (nSPS) is 16.6. The molecule has 25 heavy (non-hydrogen) atoms. The second kappa shape index (κ2) is 7.37. The van der Waals surface area contributed by atoms with Gasteiger partial charge in [-0.25, -0.2) is 13.4 Å². The Morgan fingerprint density at radius 2 is 1.84 bits per heavy atom. The van der Waals surface area contributed by atoms with Gasteiger partial charge in [-0.1, -0.05) is 17.7 Å². The monoisotopic (exact) mass is 362 g/mol. The number of nitrogens with zero attached hydrogens (tertiary/aromatic N) is 3. The molecule has 0 radical (unpaired) electrons.